The van der Waals surface area contributed by atoms with E-state index in [2.05, 4.69) is 16.3 Å². The van der Waals surface area contributed by atoms with Crippen LogP contribution in [0.4, 0.5) is 5.69 Å². The molecule has 0 aromatic heterocycles. The average Bonchev–Trinajstić information content (AvgIpc) is 2.81. The van der Waals surface area contributed by atoms with Crippen LogP contribution in [0.25, 0.3) is 0 Å². The summed E-state index contributed by atoms with van der Waals surface area (Å²) < 4.78 is 5.59. The van der Waals surface area contributed by atoms with Gasteiger partial charge in [-0.1, -0.05) is 11.6 Å². The second kappa shape index (κ2) is 4.15. The van der Waals surface area contributed by atoms with Gasteiger partial charge in [0.15, 0.2) is 0 Å². The van der Waals surface area contributed by atoms with Gasteiger partial charge >= 0.3 is 0 Å². The summed E-state index contributed by atoms with van der Waals surface area (Å²) in [6.07, 6.45) is 0.981. The van der Waals surface area contributed by atoms with Crippen LogP contribution in [-0.4, -0.2) is 32.8 Å². The second-order valence-electron chi connectivity index (χ2n) is 4.21. The Bertz CT molecular complexity index is 402. The van der Waals surface area contributed by atoms with Gasteiger partial charge in [0, 0.05) is 43.9 Å². The maximum absolute atomic E-state index is 6.12. The summed E-state index contributed by atoms with van der Waals surface area (Å²) in [7, 11) is 0. The normalized spacial score (nSPS) is 19.4. The number of nitrogens with zero attached hydrogens (tertiary/aromatic N) is 1. The van der Waals surface area contributed by atoms with Crippen LogP contribution in [0.3, 0.4) is 0 Å². The summed E-state index contributed by atoms with van der Waals surface area (Å²) in [5, 5.41) is 4.11. The standard InChI is InChI=1S/C12H15ClN2O/c13-10-1-2-11(9-3-8-16-12(9)10)15-6-4-14-5-7-15/h1-2,14H,3-8H2. The zero-order valence-corrected chi connectivity index (χ0v) is 9.89. The van der Waals surface area contributed by atoms with Crippen molar-refractivity contribution < 1.29 is 4.74 Å². The van der Waals surface area contributed by atoms with Crippen molar-refractivity contribution in [3.63, 3.8) is 0 Å². The van der Waals surface area contributed by atoms with Crippen molar-refractivity contribution in [3.8, 4) is 5.75 Å². The van der Waals surface area contributed by atoms with Crippen molar-refractivity contribution in [2.45, 2.75) is 6.42 Å². The number of benzene rings is 1. The van der Waals surface area contributed by atoms with Gasteiger partial charge in [-0.3, -0.25) is 0 Å². The van der Waals surface area contributed by atoms with E-state index in [4.69, 9.17) is 16.3 Å². The fourth-order valence-corrected chi connectivity index (χ4v) is 2.68. The first-order valence-corrected chi connectivity index (χ1v) is 6.14. The van der Waals surface area contributed by atoms with E-state index in [1.54, 1.807) is 0 Å². The summed E-state index contributed by atoms with van der Waals surface area (Å²) in [6.45, 7) is 5.00. The lowest BCUT2D eigenvalue weighted by Gasteiger charge is -2.30. The summed E-state index contributed by atoms with van der Waals surface area (Å²) >= 11 is 6.12. The zero-order valence-electron chi connectivity index (χ0n) is 9.13. The van der Waals surface area contributed by atoms with E-state index in [9.17, 15) is 0 Å². The largest absolute Gasteiger partial charge is 0.491 e. The number of fused-ring (bicyclic) bond motifs is 1. The molecule has 1 N–H and O–H groups in total. The number of piperazine rings is 1. The molecule has 0 unspecified atom stereocenters. The molecule has 0 bridgehead atoms. The van der Waals surface area contributed by atoms with Crippen molar-refractivity contribution in [2.75, 3.05) is 37.7 Å². The molecule has 3 rings (SSSR count). The van der Waals surface area contributed by atoms with Crippen LogP contribution in [0.15, 0.2) is 12.1 Å². The summed E-state index contributed by atoms with van der Waals surface area (Å²) in [4.78, 5) is 2.42. The van der Waals surface area contributed by atoms with E-state index in [-0.39, 0.29) is 0 Å². The van der Waals surface area contributed by atoms with Gasteiger partial charge in [-0.2, -0.15) is 0 Å². The molecule has 2 aliphatic heterocycles. The third-order valence-corrected chi connectivity index (χ3v) is 3.54. The van der Waals surface area contributed by atoms with Gasteiger partial charge < -0.3 is 15.0 Å². The average molecular weight is 239 g/mol. The van der Waals surface area contributed by atoms with Crippen LogP contribution < -0.4 is 15.0 Å². The number of anilines is 1. The molecule has 0 radical (unpaired) electrons. The van der Waals surface area contributed by atoms with Gasteiger partial charge in [0.2, 0.25) is 0 Å². The van der Waals surface area contributed by atoms with Crippen LogP contribution in [0.5, 0.6) is 5.75 Å². The lowest BCUT2D eigenvalue weighted by molar-refractivity contribution is 0.357. The minimum Gasteiger partial charge on any atom is -0.491 e. The van der Waals surface area contributed by atoms with E-state index in [1.165, 1.54) is 11.3 Å². The molecule has 16 heavy (non-hydrogen) atoms. The minimum absolute atomic E-state index is 0.742. The monoisotopic (exact) mass is 238 g/mol. The van der Waals surface area contributed by atoms with Gasteiger partial charge in [-0.25, -0.2) is 0 Å². The number of halogens is 1. The smallest absolute Gasteiger partial charge is 0.143 e. The third kappa shape index (κ3) is 1.64. The molecular formula is C12H15ClN2O. The Kier molecular flexibility index (Phi) is 2.65. The third-order valence-electron chi connectivity index (χ3n) is 3.24. The van der Waals surface area contributed by atoms with E-state index in [0.29, 0.717) is 0 Å². The first kappa shape index (κ1) is 10.2. The summed E-state index contributed by atoms with van der Waals surface area (Å²) in [5.74, 6) is 0.901. The molecule has 4 heteroatoms. The molecule has 1 fully saturated rings. The van der Waals surface area contributed by atoms with Gasteiger partial charge in [-0.15, -0.1) is 0 Å². The van der Waals surface area contributed by atoms with Crippen LogP contribution >= 0.6 is 11.6 Å². The van der Waals surface area contributed by atoms with Crippen molar-refractivity contribution >= 4 is 17.3 Å². The van der Waals surface area contributed by atoms with Gasteiger partial charge in [0.1, 0.15) is 5.75 Å². The fourth-order valence-electron chi connectivity index (χ4n) is 2.44. The lowest BCUT2D eigenvalue weighted by atomic mass is 10.1. The highest BCUT2D eigenvalue weighted by Gasteiger charge is 2.23. The van der Waals surface area contributed by atoms with Crippen molar-refractivity contribution in [1.82, 2.24) is 5.32 Å². The van der Waals surface area contributed by atoms with Crippen LogP contribution in [0.1, 0.15) is 5.56 Å². The van der Waals surface area contributed by atoms with E-state index in [0.717, 1.165) is 50.0 Å². The predicted molar refractivity (Wildman–Crippen MR) is 65.7 cm³/mol. The topological polar surface area (TPSA) is 24.5 Å². The van der Waals surface area contributed by atoms with Crippen LogP contribution in [0.2, 0.25) is 5.02 Å². The Hall–Kier alpha value is -0.930. The molecule has 86 valence electrons. The zero-order chi connectivity index (χ0) is 11.0. The summed E-state index contributed by atoms with van der Waals surface area (Å²) in [5.41, 5.74) is 2.59. The highest BCUT2D eigenvalue weighted by molar-refractivity contribution is 6.32. The fraction of sp³-hybridized carbons (Fsp3) is 0.500. The highest BCUT2D eigenvalue weighted by atomic mass is 35.5. The second-order valence-corrected chi connectivity index (χ2v) is 4.62. The Morgan fingerprint density at radius 1 is 1.25 bits per heavy atom. The maximum atomic E-state index is 6.12. The molecular weight excluding hydrogens is 224 g/mol. The number of nitrogens with one attached hydrogen (secondary N) is 1. The molecule has 3 nitrogen and oxygen atoms in total. The highest BCUT2D eigenvalue weighted by Crippen LogP contribution is 2.39. The quantitative estimate of drug-likeness (QED) is 0.806. The molecule has 2 heterocycles. The van der Waals surface area contributed by atoms with Gasteiger partial charge in [-0.05, 0) is 12.1 Å². The summed E-state index contributed by atoms with van der Waals surface area (Å²) in [6, 6.07) is 4.07. The first-order valence-electron chi connectivity index (χ1n) is 5.76. The first-order chi connectivity index (χ1) is 7.86. The molecule has 0 amide bonds. The number of rotatable bonds is 1. The van der Waals surface area contributed by atoms with Crippen molar-refractivity contribution in [3.05, 3.63) is 22.7 Å². The van der Waals surface area contributed by atoms with Gasteiger partial charge in [0.05, 0.1) is 11.6 Å². The molecule has 0 spiro atoms. The van der Waals surface area contributed by atoms with Crippen LogP contribution in [-0.2, 0) is 6.42 Å². The van der Waals surface area contributed by atoms with E-state index in [1.807, 2.05) is 6.07 Å². The number of hydrogen-bond donors (Lipinski definition) is 1. The lowest BCUT2D eigenvalue weighted by Crippen LogP contribution is -2.43. The van der Waals surface area contributed by atoms with E-state index < -0.39 is 0 Å². The molecule has 0 aliphatic carbocycles. The number of ether oxygens (including phenoxy) is 1. The number of hydrogen-bond acceptors (Lipinski definition) is 3. The van der Waals surface area contributed by atoms with Crippen LogP contribution in [0, 0.1) is 0 Å². The molecule has 1 saturated heterocycles. The molecule has 1 aromatic carbocycles. The Balaban J connectivity index is 1.98. The molecule has 1 aromatic rings. The molecule has 2 aliphatic rings. The Morgan fingerprint density at radius 3 is 2.88 bits per heavy atom. The minimum atomic E-state index is 0.742. The Morgan fingerprint density at radius 2 is 2.06 bits per heavy atom. The SMILES string of the molecule is Clc1ccc(N2CCNCC2)c2c1OCC2. The van der Waals surface area contributed by atoms with E-state index >= 15 is 0 Å². The molecule has 0 atom stereocenters. The Labute approximate surface area is 100 Å². The van der Waals surface area contributed by atoms with Gasteiger partial charge in [0.25, 0.3) is 0 Å². The molecule has 0 saturated carbocycles. The van der Waals surface area contributed by atoms with Crippen molar-refractivity contribution in [1.29, 1.82) is 0 Å². The van der Waals surface area contributed by atoms with Crippen molar-refractivity contribution in [2.24, 2.45) is 0 Å². The predicted octanol–water partition coefficient (Wildman–Crippen LogP) is 1.68. The maximum Gasteiger partial charge on any atom is 0.143 e.